The molecule has 0 bridgehead atoms. The topological polar surface area (TPSA) is 62.1 Å². The van der Waals surface area contributed by atoms with Crippen molar-refractivity contribution < 1.29 is 9.53 Å². The van der Waals surface area contributed by atoms with E-state index in [-0.39, 0.29) is 5.91 Å². The van der Waals surface area contributed by atoms with Crippen LogP contribution in [0.5, 0.6) is 5.75 Å². The minimum atomic E-state index is -0.671. The van der Waals surface area contributed by atoms with Gasteiger partial charge < -0.3 is 10.1 Å². The van der Waals surface area contributed by atoms with Gasteiger partial charge in [0.1, 0.15) is 5.75 Å². The summed E-state index contributed by atoms with van der Waals surface area (Å²) in [6.07, 6.45) is 0.912. The molecular weight excluding hydrogens is 252 g/mol. The van der Waals surface area contributed by atoms with E-state index >= 15 is 0 Å². The van der Waals surface area contributed by atoms with Crippen LogP contribution in [0.3, 0.4) is 0 Å². The second-order valence-corrected chi connectivity index (χ2v) is 3.96. The Hall–Kier alpha value is -1.99. The molecule has 1 atom stereocenters. The number of nitriles is 1. The average molecular weight is 265 g/mol. The van der Waals surface area contributed by atoms with Crippen molar-refractivity contribution >= 4 is 17.5 Å². The van der Waals surface area contributed by atoms with Crippen molar-refractivity contribution in [2.75, 3.05) is 6.54 Å². The number of carbonyl (C=O) groups is 1. The number of halogens is 1. The highest BCUT2D eigenvalue weighted by Gasteiger charge is 2.15. The summed E-state index contributed by atoms with van der Waals surface area (Å²) in [5, 5.41) is 11.6. The van der Waals surface area contributed by atoms with E-state index in [1.54, 1.807) is 25.1 Å². The van der Waals surface area contributed by atoms with Gasteiger partial charge in [-0.05, 0) is 25.1 Å². The molecule has 0 aliphatic rings. The van der Waals surface area contributed by atoms with Crippen LogP contribution in [0.2, 0.25) is 5.02 Å². The largest absolute Gasteiger partial charge is 0.479 e. The quantitative estimate of drug-likeness (QED) is 0.830. The fourth-order valence-electron chi connectivity index (χ4n) is 1.23. The maximum Gasteiger partial charge on any atom is 0.261 e. The van der Waals surface area contributed by atoms with Crippen LogP contribution in [0, 0.1) is 11.3 Å². The highest BCUT2D eigenvalue weighted by Crippen LogP contribution is 2.26. The first kappa shape index (κ1) is 14.1. The van der Waals surface area contributed by atoms with Gasteiger partial charge in [-0.15, -0.1) is 6.58 Å². The van der Waals surface area contributed by atoms with Gasteiger partial charge in [0.15, 0.2) is 6.10 Å². The van der Waals surface area contributed by atoms with E-state index in [1.807, 2.05) is 6.07 Å². The third kappa shape index (κ3) is 3.79. The monoisotopic (exact) mass is 264 g/mol. The molecule has 4 nitrogen and oxygen atoms in total. The van der Waals surface area contributed by atoms with E-state index < -0.39 is 6.10 Å². The molecule has 0 fully saturated rings. The Balaban J connectivity index is 2.70. The molecule has 1 aromatic rings. The molecule has 0 spiro atoms. The van der Waals surface area contributed by atoms with Gasteiger partial charge >= 0.3 is 0 Å². The number of amides is 1. The molecule has 0 aliphatic carbocycles. The fraction of sp³-hybridized carbons (Fsp3) is 0.231. The summed E-state index contributed by atoms with van der Waals surface area (Å²) in [6.45, 7) is 5.50. The molecule has 0 saturated carbocycles. The number of hydrogen-bond acceptors (Lipinski definition) is 3. The first-order valence-electron chi connectivity index (χ1n) is 5.33. The summed E-state index contributed by atoms with van der Waals surface area (Å²) in [7, 11) is 0. The number of hydrogen-bond donors (Lipinski definition) is 1. The molecule has 1 rings (SSSR count). The molecule has 0 unspecified atom stereocenters. The number of nitrogens with zero attached hydrogens (tertiary/aromatic N) is 1. The Bertz CT molecular complexity index is 494. The zero-order valence-electron chi connectivity index (χ0n) is 9.94. The predicted octanol–water partition coefficient (Wildman–Crippen LogP) is 2.28. The fourth-order valence-corrected chi connectivity index (χ4v) is 1.45. The van der Waals surface area contributed by atoms with E-state index in [0.717, 1.165) is 0 Å². The van der Waals surface area contributed by atoms with Crippen molar-refractivity contribution in [3.63, 3.8) is 0 Å². The molecule has 1 amide bonds. The lowest BCUT2D eigenvalue weighted by Gasteiger charge is -2.15. The lowest BCUT2D eigenvalue weighted by atomic mass is 10.2. The van der Waals surface area contributed by atoms with Gasteiger partial charge in [0.25, 0.3) is 5.91 Å². The number of nitrogens with one attached hydrogen (secondary N) is 1. The third-order valence-electron chi connectivity index (χ3n) is 2.15. The van der Waals surface area contributed by atoms with E-state index in [1.165, 1.54) is 6.07 Å². The normalized spacial score (nSPS) is 11.2. The van der Waals surface area contributed by atoms with Crippen LogP contribution < -0.4 is 10.1 Å². The summed E-state index contributed by atoms with van der Waals surface area (Å²) in [5.74, 6) is 0.118. The Morgan fingerprint density at radius 1 is 1.72 bits per heavy atom. The molecule has 1 aromatic carbocycles. The van der Waals surface area contributed by atoms with Gasteiger partial charge in [0.05, 0.1) is 16.7 Å². The lowest BCUT2D eigenvalue weighted by Crippen LogP contribution is -2.36. The number of benzene rings is 1. The highest BCUT2D eigenvalue weighted by atomic mass is 35.5. The van der Waals surface area contributed by atoms with Crippen molar-refractivity contribution in [3.8, 4) is 11.8 Å². The van der Waals surface area contributed by atoms with Crippen molar-refractivity contribution in [1.82, 2.24) is 5.32 Å². The Labute approximate surface area is 111 Å². The summed E-state index contributed by atoms with van der Waals surface area (Å²) in [5.41, 5.74) is 0.441. The molecule has 18 heavy (non-hydrogen) atoms. The Kier molecular flexibility index (Phi) is 5.22. The second kappa shape index (κ2) is 6.67. The zero-order valence-corrected chi connectivity index (χ0v) is 10.7. The SMILES string of the molecule is C=CCNC(=O)[C@@H](C)Oc1ccc(C#N)cc1Cl. The van der Waals surface area contributed by atoms with Gasteiger partial charge in [-0.3, -0.25) is 4.79 Å². The number of carbonyl (C=O) groups excluding carboxylic acids is 1. The number of ether oxygens (including phenoxy) is 1. The van der Waals surface area contributed by atoms with E-state index in [2.05, 4.69) is 11.9 Å². The summed E-state index contributed by atoms with van der Waals surface area (Å²) < 4.78 is 5.42. The third-order valence-corrected chi connectivity index (χ3v) is 2.45. The second-order valence-electron chi connectivity index (χ2n) is 3.55. The van der Waals surface area contributed by atoms with E-state index in [0.29, 0.717) is 22.9 Å². The van der Waals surface area contributed by atoms with Crippen LogP contribution >= 0.6 is 11.6 Å². The first-order chi connectivity index (χ1) is 8.58. The van der Waals surface area contributed by atoms with Crippen LogP contribution in [0.1, 0.15) is 12.5 Å². The Morgan fingerprint density at radius 2 is 2.44 bits per heavy atom. The van der Waals surface area contributed by atoms with Crippen molar-refractivity contribution in [2.24, 2.45) is 0 Å². The minimum Gasteiger partial charge on any atom is -0.479 e. The number of rotatable bonds is 5. The molecule has 5 heteroatoms. The molecule has 0 heterocycles. The smallest absolute Gasteiger partial charge is 0.261 e. The van der Waals surface area contributed by atoms with E-state index in [9.17, 15) is 4.79 Å². The van der Waals surface area contributed by atoms with Gasteiger partial charge in [0, 0.05) is 6.54 Å². The van der Waals surface area contributed by atoms with E-state index in [4.69, 9.17) is 21.6 Å². The maximum absolute atomic E-state index is 11.6. The summed E-state index contributed by atoms with van der Waals surface area (Å²) in [6, 6.07) is 6.61. The molecule has 0 radical (unpaired) electrons. The van der Waals surface area contributed by atoms with Gasteiger partial charge in [-0.2, -0.15) is 5.26 Å². The molecular formula is C13H13ClN2O2. The maximum atomic E-state index is 11.6. The predicted molar refractivity (Wildman–Crippen MR) is 69.5 cm³/mol. The van der Waals surface area contributed by atoms with Crippen molar-refractivity contribution in [2.45, 2.75) is 13.0 Å². The van der Waals surface area contributed by atoms with Crippen LogP contribution in [0.25, 0.3) is 0 Å². The summed E-state index contributed by atoms with van der Waals surface area (Å²) >= 11 is 5.94. The highest BCUT2D eigenvalue weighted by molar-refractivity contribution is 6.32. The molecule has 1 N–H and O–H groups in total. The van der Waals surface area contributed by atoms with Gasteiger partial charge in [-0.25, -0.2) is 0 Å². The first-order valence-corrected chi connectivity index (χ1v) is 5.71. The molecule has 0 aliphatic heterocycles. The van der Waals surface area contributed by atoms with Crippen molar-refractivity contribution in [3.05, 3.63) is 41.4 Å². The van der Waals surface area contributed by atoms with Crippen LogP contribution in [-0.2, 0) is 4.79 Å². The van der Waals surface area contributed by atoms with Crippen LogP contribution in [-0.4, -0.2) is 18.6 Å². The van der Waals surface area contributed by atoms with Gasteiger partial charge in [0.2, 0.25) is 0 Å². The average Bonchev–Trinajstić information content (AvgIpc) is 2.38. The van der Waals surface area contributed by atoms with Crippen molar-refractivity contribution in [1.29, 1.82) is 5.26 Å². The zero-order chi connectivity index (χ0) is 13.5. The molecule has 0 aromatic heterocycles. The lowest BCUT2D eigenvalue weighted by molar-refractivity contribution is -0.127. The summed E-state index contributed by atoms with van der Waals surface area (Å²) in [4.78, 5) is 11.6. The standard InChI is InChI=1S/C13H13ClN2O2/c1-3-6-16-13(17)9(2)18-12-5-4-10(8-15)7-11(12)14/h3-5,7,9H,1,6H2,2H3,(H,16,17)/t9-/m1/s1. The Morgan fingerprint density at radius 3 is 3.00 bits per heavy atom. The van der Waals surface area contributed by atoms with Crippen LogP contribution in [0.15, 0.2) is 30.9 Å². The van der Waals surface area contributed by atoms with Crippen LogP contribution in [0.4, 0.5) is 0 Å². The molecule has 94 valence electrons. The minimum absolute atomic E-state index is 0.254. The molecule has 0 saturated heterocycles. The van der Waals surface area contributed by atoms with Gasteiger partial charge in [-0.1, -0.05) is 17.7 Å².